The Bertz CT molecular complexity index is 448. The van der Waals surface area contributed by atoms with Crippen LogP contribution in [0.4, 0.5) is 0 Å². The molecule has 2 bridgehead atoms. The molecule has 0 amide bonds. The highest BCUT2D eigenvalue weighted by atomic mass is 32.2. The van der Waals surface area contributed by atoms with Crippen LogP contribution in [0.1, 0.15) is 42.6 Å². The number of thioether (sulfide) groups is 1. The minimum atomic E-state index is 0.178. The van der Waals surface area contributed by atoms with E-state index in [1.54, 1.807) is 19.4 Å². The molecule has 2 saturated heterocycles. The molecule has 0 N–H and O–H groups in total. The molecule has 3 heterocycles. The van der Waals surface area contributed by atoms with Crippen molar-refractivity contribution >= 4 is 17.5 Å². The van der Waals surface area contributed by atoms with E-state index in [1.165, 1.54) is 19.3 Å². The molecular weight excluding hydrogens is 258 g/mol. The van der Waals surface area contributed by atoms with Gasteiger partial charge in [-0.1, -0.05) is 6.42 Å². The fourth-order valence-electron chi connectivity index (χ4n) is 3.13. The van der Waals surface area contributed by atoms with Gasteiger partial charge in [0.1, 0.15) is 11.4 Å². The molecule has 0 aromatic carbocycles. The predicted molar refractivity (Wildman–Crippen MR) is 76.9 cm³/mol. The van der Waals surface area contributed by atoms with E-state index < -0.39 is 0 Å². The number of hydrogen-bond acceptors (Lipinski definition) is 4. The molecule has 1 aromatic rings. The molecule has 2 aliphatic rings. The van der Waals surface area contributed by atoms with E-state index >= 15 is 0 Å². The summed E-state index contributed by atoms with van der Waals surface area (Å²) in [5.41, 5.74) is 0.593. The maximum Gasteiger partial charge on any atom is 0.184 e. The van der Waals surface area contributed by atoms with Crippen molar-refractivity contribution in [3.63, 3.8) is 0 Å². The van der Waals surface area contributed by atoms with E-state index in [0.29, 0.717) is 21.9 Å². The summed E-state index contributed by atoms with van der Waals surface area (Å²) in [4.78, 5) is 16.8. The van der Waals surface area contributed by atoms with Crippen LogP contribution in [0.5, 0.6) is 5.75 Å². The van der Waals surface area contributed by atoms with Gasteiger partial charge in [-0.25, -0.2) is 4.98 Å². The first-order chi connectivity index (χ1) is 9.26. The number of rotatable bonds is 3. The van der Waals surface area contributed by atoms with E-state index in [4.69, 9.17) is 4.74 Å². The van der Waals surface area contributed by atoms with Crippen LogP contribution in [0, 0.1) is 5.92 Å². The second kappa shape index (κ2) is 5.53. The van der Waals surface area contributed by atoms with E-state index in [2.05, 4.69) is 16.7 Å². The largest absolute Gasteiger partial charge is 0.495 e. The minimum Gasteiger partial charge on any atom is -0.495 e. The monoisotopic (exact) mass is 277 g/mol. The lowest BCUT2D eigenvalue weighted by Gasteiger charge is -2.37. The highest BCUT2D eigenvalue weighted by Crippen LogP contribution is 2.44. The lowest BCUT2D eigenvalue weighted by Crippen LogP contribution is -2.33. The Morgan fingerprint density at radius 1 is 1.32 bits per heavy atom. The molecule has 1 aromatic heterocycles. The van der Waals surface area contributed by atoms with Gasteiger partial charge >= 0.3 is 0 Å². The van der Waals surface area contributed by atoms with E-state index in [1.807, 2.05) is 6.07 Å². The van der Waals surface area contributed by atoms with Crippen molar-refractivity contribution in [1.82, 2.24) is 4.98 Å². The van der Waals surface area contributed by atoms with Crippen molar-refractivity contribution in [2.45, 2.75) is 42.6 Å². The van der Waals surface area contributed by atoms with Crippen LogP contribution >= 0.6 is 11.8 Å². The molecule has 3 rings (SSSR count). The number of fused-ring (bicyclic) bond motifs is 2. The fraction of sp³-hybridized carbons (Fsp3) is 0.600. The second-order valence-electron chi connectivity index (χ2n) is 5.43. The number of hydrogen-bond donors (Lipinski definition) is 0. The summed E-state index contributed by atoms with van der Waals surface area (Å²) in [7, 11) is 1.61. The number of nitrogens with zero attached hydrogens (tertiary/aromatic N) is 1. The van der Waals surface area contributed by atoms with Crippen molar-refractivity contribution in [2.75, 3.05) is 7.11 Å². The van der Waals surface area contributed by atoms with Gasteiger partial charge in [-0.05, 0) is 37.8 Å². The molecule has 19 heavy (non-hydrogen) atoms. The molecule has 0 spiro atoms. The fourth-order valence-corrected chi connectivity index (χ4v) is 4.97. The van der Waals surface area contributed by atoms with Crippen molar-refractivity contribution in [3.8, 4) is 5.75 Å². The number of carbonyl (C=O) groups excluding carboxylic acids is 1. The summed E-state index contributed by atoms with van der Waals surface area (Å²) in [5.74, 6) is 1.10. The van der Waals surface area contributed by atoms with E-state index in [0.717, 1.165) is 12.8 Å². The van der Waals surface area contributed by atoms with Crippen molar-refractivity contribution in [1.29, 1.82) is 0 Å². The van der Waals surface area contributed by atoms with Crippen LogP contribution < -0.4 is 4.74 Å². The van der Waals surface area contributed by atoms with Gasteiger partial charge in [0, 0.05) is 16.4 Å². The third kappa shape index (κ3) is 2.78. The zero-order valence-corrected chi connectivity index (χ0v) is 12.0. The van der Waals surface area contributed by atoms with Gasteiger partial charge in [0.15, 0.2) is 5.78 Å². The van der Waals surface area contributed by atoms with Crippen molar-refractivity contribution in [3.05, 3.63) is 24.0 Å². The first-order valence-corrected chi connectivity index (χ1v) is 7.90. The van der Waals surface area contributed by atoms with Gasteiger partial charge < -0.3 is 4.74 Å². The molecule has 2 aliphatic heterocycles. The van der Waals surface area contributed by atoms with Gasteiger partial charge in [-0.3, -0.25) is 4.79 Å². The van der Waals surface area contributed by atoms with Gasteiger partial charge in [-0.2, -0.15) is 11.8 Å². The number of methoxy groups -OCH3 is 1. The Labute approximate surface area is 118 Å². The molecule has 0 aliphatic carbocycles. The average Bonchev–Trinajstić information content (AvgIpc) is 2.46. The van der Waals surface area contributed by atoms with Crippen LogP contribution in [-0.2, 0) is 0 Å². The molecule has 2 atom stereocenters. The normalized spacial score (nSPS) is 29.8. The van der Waals surface area contributed by atoms with Gasteiger partial charge in [0.2, 0.25) is 0 Å². The Morgan fingerprint density at radius 3 is 2.63 bits per heavy atom. The Hall–Kier alpha value is -1.03. The number of ether oxygens (including phenoxy) is 1. The molecule has 2 fully saturated rings. The third-order valence-electron chi connectivity index (χ3n) is 4.13. The van der Waals surface area contributed by atoms with Crippen LogP contribution in [0.2, 0.25) is 0 Å². The first kappa shape index (κ1) is 13.0. The SMILES string of the molecule is COc1ccc(C(=O)C2CC3CCCC(C2)S3)nc1. The summed E-state index contributed by atoms with van der Waals surface area (Å²) in [6.07, 6.45) is 7.60. The topological polar surface area (TPSA) is 39.2 Å². The number of pyridine rings is 1. The Balaban J connectivity index is 1.72. The van der Waals surface area contributed by atoms with Gasteiger partial charge in [0.05, 0.1) is 13.3 Å². The molecule has 0 radical (unpaired) electrons. The van der Waals surface area contributed by atoms with E-state index in [9.17, 15) is 4.79 Å². The molecule has 0 saturated carbocycles. The quantitative estimate of drug-likeness (QED) is 0.794. The zero-order chi connectivity index (χ0) is 13.2. The summed E-state index contributed by atoms with van der Waals surface area (Å²) in [5, 5.41) is 1.39. The van der Waals surface area contributed by atoms with Gasteiger partial charge in [0.25, 0.3) is 0 Å². The zero-order valence-electron chi connectivity index (χ0n) is 11.2. The highest BCUT2D eigenvalue weighted by Gasteiger charge is 2.36. The number of carbonyl (C=O) groups is 1. The van der Waals surface area contributed by atoms with Crippen LogP contribution in [0.25, 0.3) is 0 Å². The molecule has 2 unspecified atom stereocenters. The molecule has 4 heteroatoms. The van der Waals surface area contributed by atoms with Gasteiger partial charge in [-0.15, -0.1) is 0 Å². The summed E-state index contributed by atoms with van der Waals surface area (Å²) in [6, 6.07) is 3.61. The van der Waals surface area contributed by atoms with Crippen molar-refractivity contribution < 1.29 is 9.53 Å². The molecule has 102 valence electrons. The van der Waals surface area contributed by atoms with E-state index in [-0.39, 0.29) is 11.7 Å². The molecule has 3 nitrogen and oxygen atoms in total. The number of ketones is 1. The lowest BCUT2D eigenvalue weighted by molar-refractivity contribution is 0.0891. The first-order valence-electron chi connectivity index (χ1n) is 6.96. The number of aromatic nitrogens is 1. The highest BCUT2D eigenvalue weighted by molar-refractivity contribution is 8.00. The standard InChI is InChI=1S/C15H19NO2S/c1-18-11-5-6-14(16-9-11)15(17)10-7-12-3-2-4-13(8-10)19-12/h5-6,9-10,12-13H,2-4,7-8H2,1H3. The maximum atomic E-state index is 12.5. The summed E-state index contributed by atoms with van der Waals surface area (Å²) < 4.78 is 5.08. The Morgan fingerprint density at radius 2 is 2.05 bits per heavy atom. The van der Waals surface area contributed by atoms with Crippen LogP contribution in [-0.4, -0.2) is 28.4 Å². The Kier molecular flexibility index (Phi) is 3.78. The predicted octanol–water partition coefficient (Wildman–Crippen LogP) is 3.34. The lowest BCUT2D eigenvalue weighted by atomic mass is 9.85. The smallest absolute Gasteiger partial charge is 0.184 e. The summed E-state index contributed by atoms with van der Waals surface area (Å²) >= 11 is 2.10. The summed E-state index contributed by atoms with van der Waals surface area (Å²) in [6.45, 7) is 0. The maximum absolute atomic E-state index is 12.5. The van der Waals surface area contributed by atoms with Crippen LogP contribution in [0.15, 0.2) is 18.3 Å². The minimum absolute atomic E-state index is 0.178. The second-order valence-corrected chi connectivity index (χ2v) is 7.03. The average molecular weight is 277 g/mol. The van der Waals surface area contributed by atoms with Crippen molar-refractivity contribution in [2.24, 2.45) is 5.92 Å². The van der Waals surface area contributed by atoms with Crippen LogP contribution in [0.3, 0.4) is 0 Å². The molecular formula is C15H19NO2S. The number of Topliss-reactive ketones (excluding diaryl/α,β-unsaturated/α-hetero) is 1. The third-order valence-corrected chi connectivity index (χ3v) is 5.75.